The number of carbonyl (C=O) groups excluding carboxylic acids is 1. The number of benzene rings is 3. The van der Waals surface area contributed by atoms with Gasteiger partial charge in [0.25, 0.3) is 0 Å². The van der Waals surface area contributed by atoms with E-state index in [1.54, 1.807) is 13.3 Å². The van der Waals surface area contributed by atoms with Crippen molar-refractivity contribution >= 4 is 44.0 Å². The molecule has 152 valence electrons. The van der Waals surface area contributed by atoms with E-state index in [9.17, 15) is 4.79 Å². The Morgan fingerprint density at radius 3 is 2.23 bits per heavy atom. The van der Waals surface area contributed by atoms with Gasteiger partial charge in [0.1, 0.15) is 5.75 Å². The molecule has 4 rings (SSSR count). The van der Waals surface area contributed by atoms with E-state index in [2.05, 4.69) is 66.7 Å². The SMILES string of the molecule is COc1c(Br)cc(Br)cc1C=NNC(=O)C1CC1(c1ccccc1)c1ccccc1. The van der Waals surface area contributed by atoms with Gasteiger partial charge in [-0.25, -0.2) is 5.43 Å². The van der Waals surface area contributed by atoms with Crippen molar-refractivity contribution in [3.63, 3.8) is 0 Å². The van der Waals surface area contributed by atoms with E-state index in [1.165, 1.54) is 0 Å². The molecule has 0 aliphatic heterocycles. The standard InChI is InChI=1S/C24H20Br2N2O2/c1-30-22-16(12-19(25)13-21(22)26)15-27-28-23(29)20-14-24(20,17-8-4-2-5-9-17)18-10-6-3-7-11-18/h2-13,15,20H,14H2,1H3,(H,28,29). The number of nitrogens with one attached hydrogen (secondary N) is 1. The molecule has 0 bridgehead atoms. The summed E-state index contributed by atoms with van der Waals surface area (Å²) in [5, 5.41) is 4.20. The highest BCUT2D eigenvalue weighted by atomic mass is 79.9. The number of hydrazone groups is 1. The molecule has 3 aromatic rings. The molecule has 3 aromatic carbocycles. The minimum atomic E-state index is -0.307. The maximum absolute atomic E-state index is 13.0. The van der Waals surface area contributed by atoms with Crippen LogP contribution in [0, 0.1) is 5.92 Å². The third-order valence-corrected chi connectivity index (χ3v) is 6.52. The van der Waals surface area contributed by atoms with Crippen molar-refractivity contribution in [2.45, 2.75) is 11.8 Å². The molecule has 1 unspecified atom stereocenters. The number of amides is 1. The molecule has 1 atom stereocenters. The summed E-state index contributed by atoms with van der Waals surface area (Å²) in [6.45, 7) is 0. The van der Waals surface area contributed by atoms with Crippen molar-refractivity contribution in [1.82, 2.24) is 5.43 Å². The molecule has 1 aliphatic carbocycles. The third-order valence-electron chi connectivity index (χ3n) is 5.47. The van der Waals surface area contributed by atoms with Gasteiger partial charge in [-0.1, -0.05) is 76.6 Å². The fourth-order valence-corrected chi connectivity index (χ4v) is 5.41. The Morgan fingerprint density at radius 2 is 1.67 bits per heavy atom. The molecule has 0 radical (unpaired) electrons. The van der Waals surface area contributed by atoms with E-state index in [1.807, 2.05) is 48.5 Å². The highest BCUT2D eigenvalue weighted by molar-refractivity contribution is 9.11. The van der Waals surface area contributed by atoms with Gasteiger partial charge in [-0.15, -0.1) is 0 Å². The number of carbonyl (C=O) groups is 1. The highest BCUT2D eigenvalue weighted by Gasteiger charge is 2.60. The van der Waals surface area contributed by atoms with Crippen LogP contribution in [0.3, 0.4) is 0 Å². The second-order valence-electron chi connectivity index (χ2n) is 7.20. The van der Waals surface area contributed by atoms with Crippen LogP contribution in [0.4, 0.5) is 0 Å². The second kappa shape index (κ2) is 8.74. The maximum Gasteiger partial charge on any atom is 0.244 e. The first-order chi connectivity index (χ1) is 14.6. The predicted molar refractivity (Wildman–Crippen MR) is 126 cm³/mol. The average Bonchev–Trinajstić information content (AvgIpc) is 3.52. The van der Waals surface area contributed by atoms with E-state index in [0.29, 0.717) is 5.75 Å². The first kappa shape index (κ1) is 20.8. The van der Waals surface area contributed by atoms with Gasteiger partial charge in [-0.05, 0) is 45.6 Å². The summed E-state index contributed by atoms with van der Waals surface area (Å²) >= 11 is 6.94. The first-order valence-corrected chi connectivity index (χ1v) is 11.1. The smallest absolute Gasteiger partial charge is 0.244 e. The largest absolute Gasteiger partial charge is 0.495 e. The van der Waals surface area contributed by atoms with Gasteiger partial charge in [0.15, 0.2) is 0 Å². The van der Waals surface area contributed by atoms with Crippen molar-refractivity contribution in [1.29, 1.82) is 0 Å². The van der Waals surface area contributed by atoms with Crippen LogP contribution in [0.25, 0.3) is 0 Å². The molecule has 1 N–H and O–H groups in total. The van der Waals surface area contributed by atoms with Gasteiger partial charge in [0.2, 0.25) is 5.91 Å². The highest BCUT2D eigenvalue weighted by Crippen LogP contribution is 2.58. The number of rotatable bonds is 6. The number of nitrogens with zero attached hydrogens (tertiary/aromatic N) is 1. The maximum atomic E-state index is 13.0. The van der Waals surface area contributed by atoms with Crippen LogP contribution in [0.5, 0.6) is 5.75 Å². The quantitative estimate of drug-likeness (QED) is 0.331. The predicted octanol–water partition coefficient (Wildman–Crippen LogP) is 5.68. The zero-order chi connectivity index (χ0) is 21.1. The zero-order valence-corrected chi connectivity index (χ0v) is 19.5. The molecule has 1 amide bonds. The van der Waals surface area contributed by atoms with E-state index in [4.69, 9.17) is 4.74 Å². The molecule has 0 heterocycles. The lowest BCUT2D eigenvalue weighted by Gasteiger charge is -2.18. The summed E-state index contributed by atoms with van der Waals surface area (Å²) < 4.78 is 7.12. The Kier molecular flexibility index (Phi) is 6.06. The van der Waals surface area contributed by atoms with Gasteiger partial charge in [0.05, 0.1) is 23.7 Å². The Hall–Kier alpha value is -2.44. The Balaban J connectivity index is 1.56. The number of ether oxygens (including phenoxy) is 1. The van der Waals surface area contributed by atoms with Gasteiger partial charge in [0, 0.05) is 15.5 Å². The van der Waals surface area contributed by atoms with Crippen molar-refractivity contribution in [3.8, 4) is 5.75 Å². The summed E-state index contributed by atoms with van der Waals surface area (Å²) in [6.07, 6.45) is 2.36. The summed E-state index contributed by atoms with van der Waals surface area (Å²) in [6, 6.07) is 24.2. The first-order valence-electron chi connectivity index (χ1n) is 9.53. The third kappa shape index (κ3) is 3.94. The molecule has 1 aliphatic rings. The summed E-state index contributed by atoms with van der Waals surface area (Å²) in [5.41, 5.74) is 5.47. The van der Waals surface area contributed by atoms with Crippen LogP contribution in [0.15, 0.2) is 86.8 Å². The van der Waals surface area contributed by atoms with Crippen LogP contribution < -0.4 is 10.2 Å². The number of halogens is 2. The summed E-state index contributed by atoms with van der Waals surface area (Å²) in [5.74, 6) is 0.396. The summed E-state index contributed by atoms with van der Waals surface area (Å²) in [4.78, 5) is 13.0. The van der Waals surface area contributed by atoms with E-state index in [-0.39, 0.29) is 17.2 Å². The van der Waals surface area contributed by atoms with Crippen molar-refractivity contribution in [2.75, 3.05) is 7.11 Å². The topological polar surface area (TPSA) is 50.7 Å². The minimum absolute atomic E-state index is 0.0908. The molecule has 1 saturated carbocycles. The zero-order valence-electron chi connectivity index (χ0n) is 16.3. The molecule has 0 aromatic heterocycles. The molecule has 30 heavy (non-hydrogen) atoms. The molecule has 0 saturated heterocycles. The molecular formula is C24H20Br2N2O2. The normalized spacial score (nSPS) is 17.0. The minimum Gasteiger partial charge on any atom is -0.495 e. The lowest BCUT2D eigenvalue weighted by Crippen LogP contribution is -2.25. The van der Waals surface area contributed by atoms with Crippen LogP contribution in [-0.2, 0) is 10.2 Å². The molecular weight excluding hydrogens is 508 g/mol. The van der Waals surface area contributed by atoms with E-state index >= 15 is 0 Å². The van der Waals surface area contributed by atoms with Crippen molar-refractivity contribution in [2.24, 2.45) is 11.0 Å². The van der Waals surface area contributed by atoms with Crippen LogP contribution in [0.1, 0.15) is 23.1 Å². The average molecular weight is 528 g/mol. The number of hydrogen-bond acceptors (Lipinski definition) is 3. The Morgan fingerprint density at radius 1 is 1.07 bits per heavy atom. The number of methoxy groups -OCH3 is 1. The lowest BCUT2D eigenvalue weighted by molar-refractivity contribution is -0.122. The van der Waals surface area contributed by atoms with Crippen LogP contribution >= 0.6 is 31.9 Å². The molecule has 0 spiro atoms. The number of hydrogen-bond donors (Lipinski definition) is 1. The van der Waals surface area contributed by atoms with Gasteiger partial charge >= 0.3 is 0 Å². The molecule has 4 nitrogen and oxygen atoms in total. The van der Waals surface area contributed by atoms with Crippen LogP contribution in [0.2, 0.25) is 0 Å². The molecule has 6 heteroatoms. The summed E-state index contributed by atoms with van der Waals surface area (Å²) in [7, 11) is 1.60. The molecule has 1 fully saturated rings. The van der Waals surface area contributed by atoms with E-state index in [0.717, 1.165) is 32.1 Å². The Bertz CT molecular complexity index is 1050. The van der Waals surface area contributed by atoms with Gasteiger partial charge in [-0.3, -0.25) is 4.79 Å². The van der Waals surface area contributed by atoms with E-state index < -0.39 is 0 Å². The lowest BCUT2D eigenvalue weighted by atomic mass is 9.85. The fraction of sp³-hybridized carbons (Fsp3) is 0.167. The van der Waals surface area contributed by atoms with Crippen molar-refractivity contribution in [3.05, 3.63) is 98.4 Å². The van der Waals surface area contributed by atoms with Crippen LogP contribution in [-0.4, -0.2) is 19.2 Å². The monoisotopic (exact) mass is 526 g/mol. The fourth-order valence-electron chi connectivity index (χ4n) is 3.99. The second-order valence-corrected chi connectivity index (χ2v) is 8.97. The van der Waals surface area contributed by atoms with Gasteiger partial charge in [-0.2, -0.15) is 5.10 Å². The van der Waals surface area contributed by atoms with Crippen molar-refractivity contribution < 1.29 is 9.53 Å². The Labute approximate surface area is 192 Å². The van der Waals surface area contributed by atoms with Gasteiger partial charge < -0.3 is 4.74 Å².